The highest BCUT2D eigenvalue weighted by atomic mass is 32.2. The van der Waals surface area contributed by atoms with Gasteiger partial charge in [0.05, 0.1) is 10.9 Å². The molecule has 3 rings (SSSR count). The second-order valence-corrected chi connectivity index (χ2v) is 10.7. The predicted octanol–water partition coefficient (Wildman–Crippen LogP) is 4.12. The molecule has 1 aromatic carbocycles. The van der Waals surface area contributed by atoms with Crippen LogP contribution in [0.3, 0.4) is 0 Å². The summed E-state index contributed by atoms with van der Waals surface area (Å²) in [5.74, 6) is -0.192. The zero-order valence-corrected chi connectivity index (χ0v) is 20.2. The molecule has 2 aromatic rings. The maximum Gasteiger partial charge on any atom is 0.251 e. The zero-order valence-electron chi connectivity index (χ0n) is 18.6. The average Bonchev–Trinajstić information content (AvgIpc) is 3.31. The monoisotopic (exact) mass is 463 g/mol. The molecule has 0 radical (unpaired) electrons. The molecular formula is C23H33N3O3S2. The number of hydrogen-bond donors (Lipinski definition) is 1. The molecule has 0 bridgehead atoms. The van der Waals surface area contributed by atoms with E-state index in [1.165, 1.54) is 5.56 Å². The molecule has 170 valence electrons. The Bertz CT molecular complexity index is 939. The summed E-state index contributed by atoms with van der Waals surface area (Å²) in [6, 6.07) is 8.53. The van der Waals surface area contributed by atoms with Crippen molar-refractivity contribution in [2.45, 2.75) is 57.0 Å². The van der Waals surface area contributed by atoms with Crippen LogP contribution in [0.5, 0.6) is 0 Å². The number of carbonyl (C=O) groups excluding carboxylic acids is 1. The summed E-state index contributed by atoms with van der Waals surface area (Å²) < 4.78 is 27.6. The van der Waals surface area contributed by atoms with Crippen molar-refractivity contribution in [2.24, 2.45) is 0 Å². The highest BCUT2D eigenvalue weighted by Crippen LogP contribution is 2.26. The van der Waals surface area contributed by atoms with Gasteiger partial charge in [0.1, 0.15) is 0 Å². The van der Waals surface area contributed by atoms with Gasteiger partial charge in [-0.2, -0.15) is 15.6 Å². The van der Waals surface area contributed by atoms with Crippen molar-refractivity contribution >= 4 is 27.3 Å². The summed E-state index contributed by atoms with van der Waals surface area (Å²) in [5, 5.41) is 7.20. The van der Waals surface area contributed by atoms with Gasteiger partial charge in [-0.05, 0) is 79.5 Å². The lowest BCUT2D eigenvalue weighted by Gasteiger charge is -2.32. The van der Waals surface area contributed by atoms with E-state index in [-0.39, 0.29) is 22.9 Å². The Morgan fingerprint density at radius 1 is 1.19 bits per heavy atom. The summed E-state index contributed by atoms with van der Waals surface area (Å²) in [6.45, 7) is 9.05. The minimum absolute atomic E-state index is 0.0100. The number of likely N-dealkylation sites (N-methyl/N-ethyl adjacent to an activating group) is 1. The quantitative estimate of drug-likeness (QED) is 0.607. The van der Waals surface area contributed by atoms with Gasteiger partial charge >= 0.3 is 0 Å². The Labute approximate surface area is 190 Å². The highest BCUT2D eigenvalue weighted by molar-refractivity contribution is 7.89. The van der Waals surface area contributed by atoms with Gasteiger partial charge in [0.25, 0.3) is 5.91 Å². The van der Waals surface area contributed by atoms with E-state index in [2.05, 4.69) is 40.9 Å². The van der Waals surface area contributed by atoms with Crippen molar-refractivity contribution in [3.63, 3.8) is 0 Å². The molecule has 6 nitrogen and oxygen atoms in total. The molecule has 2 heterocycles. The predicted molar refractivity (Wildman–Crippen MR) is 126 cm³/mol. The molecular weight excluding hydrogens is 430 g/mol. The molecule has 1 fully saturated rings. The molecule has 1 saturated heterocycles. The van der Waals surface area contributed by atoms with E-state index in [0.717, 1.165) is 32.4 Å². The molecule has 1 aliphatic rings. The van der Waals surface area contributed by atoms with Crippen LogP contribution in [-0.4, -0.2) is 55.8 Å². The summed E-state index contributed by atoms with van der Waals surface area (Å²) in [6.07, 6.45) is 2.84. The van der Waals surface area contributed by atoms with E-state index in [4.69, 9.17) is 0 Å². The maximum atomic E-state index is 13.0. The molecule has 0 aliphatic carbocycles. The Balaban J connectivity index is 1.68. The lowest BCUT2D eigenvalue weighted by atomic mass is 10.1. The molecule has 1 aromatic heterocycles. The van der Waals surface area contributed by atoms with E-state index >= 15 is 0 Å². The molecule has 31 heavy (non-hydrogen) atoms. The summed E-state index contributed by atoms with van der Waals surface area (Å²) in [7, 11) is -3.53. The first-order valence-corrected chi connectivity index (χ1v) is 13.4. The Kier molecular flexibility index (Phi) is 8.27. The number of sulfonamides is 1. The number of thiophene rings is 1. The van der Waals surface area contributed by atoms with Crippen LogP contribution in [0.15, 0.2) is 46.0 Å². The smallest absolute Gasteiger partial charge is 0.251 e. The van der Waals surface area contributed by atoms with Crippen LogP contribution in [0.4, 0.5) is 0 Å². The summed E-state index contributed by atoms with van der Waals surface area (Å²) in [4.78, 5) is 15.3. The highest BCUT2D eigenvalue weighted by Gasteiger charge is 2.31. The molecule has 1 amide bonds. The third-order valence-corrected chi connectivity index (χ3v) is 8.83. The Morgan fingerprint density at radius 2 is 1.90 bits per heavy atom. The number of hydrogen-bond acceptors (Lipinski definition) is 5. The summed E-state index contributed by atoms with van der Waals surface area (Å²) in [5.41, 5.74) is 1.67. The van der Waals surface area contributed by atoms with Crippen LogP contribution in [0.1, 0.15) is 62.0 Å². The van der Waals surface area contributed by atoms with Crippen molar-refractivity contribution < 1.29 is 13.2 Å². The number of nitrogens with one attached hydrogen (secondary N) is 1. The van der Waals surface area contributed by atoms with Crippen LogP contribution < -0.4 is 5.32 Å². The number of benzene rings is 1. The van der Waals surface area contributed by atoms with Crippen molar-refractivity contribution in [1.82, 2.24) is 14.5 Å². The SMILES string of the molecule is CCN(CC)[C@@H](CNC(=O)c1ccc(S(=O)(=O)N2CCCC[C@H]2C)cc1)c1ccsc1. The van der Waals surface area contributed by atoms with Crippen molar-refractivity contribution in [1.29, 1.82) is 0 Å². The minimum Gasteiger partial charge on any atom is -0.350 e. The maximum absolute atomic E-state index is 13.0. The topological polar surface area (TPSA) is 69.7 Å². The van der Waals surface area contributed by atoms with Gasteiger partial charge in [0, 0.05) is 24.7 Å². The number of rotatable bonds is 9. The van der Waals surface area contributed by atoms with Gasteiger partial charge in [-0.15, -0.1) is 0 Å². The largest absolute Gasteiger partial charge is 0.350 e. The van der Waals surface area contributed by atoms with Crippen molar-refractivity contribution in [3.05, 3.63) is 52.2 Å². The van der Waals surface area contributed by atoms with E-state index in [0.29, 0.717) is 18.7 Å². The number of piperidine rings is 1. The first kappa shape index (κ1) is 23.9. The van der Waals surface area contributed by atoms with Crippen LogP contribution in [0.2, 0.25) is 0 Å². The molecule has 0 spiro atoms. The molecule has 1 N–H and O–H groups in total. The third-order valence-electron chi connectivity index (χ3n) is 6.10. The van der Waals surface area contributed by atoms with Gasteiger partial charge in [0.2, 0.25) is 10.0 Å². The van der Waals surface area contributed by atoms with Crippen LogP contribution in [0.25, 0.3) is 0 Å². The van der Waals surface area contributed by atoms with Gasteiger partial charge in [-0.25, -0.2) is 8.42 Å². The lowest BCUT2D eigenvalue weighted by Crippen LogP contribution is -2.41. The van der Waals surface area contributed by atoms with E-state index in [1.54, 1.807) is 39.9 Å². The Morgan fingerprint density at radius 3 is 2.48 bits per heavy atom. The minimum atomic E-state index is -3.53. The molecule has 2 atom stereocenters. The van der Waals surface area contributed by atoms with Gasteiger partial charge in [-0.1, -0.05) is 20.3 Å². The van der Waals surface area contributed by atoms with Crippen LogP contribution in [-0.2, 0) is 10.0 Å². The van der Waals surface area contributed by atoms with Gasteiger partial charge in [0.15, 0.2) is 0 Å². The van der Waals surface area contributed by atoms with Crippen molar-refractivity contribution in [2.75, 3.05) is 26.2 Å². The molecule has 0 saturated carbocycles. The Hall–Kier alpha value is -1.74. The first-order valence-electron chi connectivity index (χ1n) is 11.0. The van der Waals surface area contributed by atoms with Crippen LogP contribution >= 0.6 is 11.3 Å². The van der Waals surface area contributed by atoms with Crippen LogP contribution in [0, 0.1) is 0 Å². The molecule has 8 heteroatoms. The van der Waals surface area contributed by atoms with E-state index in [1.807, 2.05) is 6.92 Å². The van der Waals surface area contributed by atoms with E-state index in [9.17, 15) is 13.2 Å². The third kappa shape index (κ3) is 5.55. The fourth-order valence-electron chi connectivity index (χ4n) is 4.22. The standard InChI is InChI=1S/C23H33N3O3S2/c1-4-25(5-2)22(20-13-15-30-17-20)16-24-23(27)19-9-11-21(12-10-19)31(28,29)26-14-7-6-8-18(26)3/h9-13,15,17-18,22H,4-8,14,16H2,1-3H3,(H,24,27)/t18-,22+/m1/s1. The second kappa shape index (κ2) is 10.7. The fourth-order valence-corrected chi connectivity index (χ4v) is 6.63. The second-order valence-electron chi connectivity index (χ2n) is 7.99. The zero-order chi connectivity index (χ0) is 22.4. The van der Waals surface area contributed by atoms with Crippen molar-refractivity contribution in [3.8, 4) is 0 Å². The van der Waals surface area contributed by atoms with Gasteiger partial charge < -0.3 is 5.32 Å². The normalized spacial score (nSPS) is 18.8. The number of carbonyl (C=O) groups is 1. The fraction of sp³-hybridized carbons (Fsp3) is 0.522. The summed E-state index contributed by atoms with van der Waals surface area (Å²) >= 11 is 1.65. The lowest BCUT2D eigenvalue weighted by molar-refractivity contribution is 0.0935. The number of nitrogens with zero attached hydrogens (tertiary/aromatic N) is 2. The van der Waals surface area contributed by atoms with Gasteiger partial charge in [-0.3, -0.25) is 9.69 Å². The first-order chi connectivity index (χ1) is 14.9. The van der Waals surface area contributed by atoms with E-state index < -0.39 is 10.0 Å². The molecule has 0 unspecified atom stereocenters. The molecule has 1 aliphatic heterocycles. The average molecular weight is 464 g/mol. The number of amides is 1.